The zero-order valence-electron chi connectivity index (χ0n) is 41.3. The van der Waals surface area contributed by atoms with Crippen molar-refractivity contribution in [3.63, 3.8) is 0 Å². The molecule has 3 aromatic rings. The Kier molecular flexibility index (Phi) is 20.6. The Balaban J connectivity index is 1.66. The van der Waals surface area contributed by atoms with Crippen LogP contribution >= 0.6 is 0 Å². The molecule has 73 heavy (non-hydrogen) atoms. The van der Waals surface area contributed by atoms with Crippen molar-refractivity contribution in [2.24, 2.45) is 11.3 Å². The first-order valence-corrected chi connectivity index (χ1v) is 23.4. The quantitative estimate of drug-likeness (QED) is 0.0533. The van der Waals surface area contributed by atoms with E-state index in [-0.39, 0.29) is 30.6 Å². The van der Waals surface area contributed by atoms with Gasteiger partial charge in [-0.15, -0.1) is 0 Å². The molecule has 0 aliphatic carbocycles. The Bertz CT molecular complexity index is 2560. The maximum Gasteiger partial charge on any atom is 0.326 e. The minimum atomic E-state index is -1.55. The first kappa shape index (κ1) is 57.8. The molecule has 1 aromatic heterocycles. The second-order valence-corrected chi connectivity index (χ2v) is 18.8. The average Bonchev–Trinajstić information content (AvgIpc) is 3.87. The molecule has 0 spiro atoms. The van der Waals surface area contributed by atoms with Crippen LogP contribution in [0.4, 0.5) is 8.78 Å². The standard InChI is InChI=1S/C50H62F2N8O13/c1-28(2)44(57-39(63)26-60-40(64)15-16-41(60)65)48(71)54-29(3)46(69)56-35(47(70)53-20-18-38(62)55-36(49(72)73)14-17-43(67)68)19-21-59(42(66)27-61)45(50(4,5)6)37-22-31(33-23-32(51)12-13-34(33)52)25-58(37)24-30-10-8-7-9-11-30/h7-13,15-16,22-23,25,28-29,35-36,44-45,61H,14,17-21,24,26-27H2,1-6H3,(H,53,70)(H,54,71)(H,55,62)(H,56,69)(H,57,63)(H,67,68)(H,72,73)/t29-,35+,36-,44-,45+/m1/s1. The zero-order valence-corrected chi connectivity index (χ0v) is 41.3. The number of aromatic nitrogens is 1. The summed E-state index contributed by atoms with van der Waals surface area (Å²) >= 11 is 0. The summed E-state index contributed by atoms with van der Waals surface area (Å²) in [5.74, 6) is -11.4. The van der Waals surface area contributed by atoms with Gasteiger partial charge in [-0.1, -0.05) is 65.0 Å². The van der Waals surface area contributed by atoms with Crippen molar-refractivity contribution in [2.75, 3.05) is 26.2 Å². The summed E-state index contributed by atoms with van der Waals surface area (Å²) in [6.07, 6.45) is 1.73. The minimum Gasteiger partial charge on any atom is -0.481 e. The van der Waals surface area contributed by atoms with Gasteiger partial charge in [0.2, 0.25) is 35.4 Å². The predicted octanol–water partition coefficient (Wildman–Crippen LogP) is 1.78. The monoisotopic (exact) mass is 1020 g/mol. The number of nitrogens with one attached hydrogen (secondary N) is 5. The molecule has 1 aliphatic rings. The highest BCUT2D eigenvalue weighted by atomic mass is 19.1. The predicted molar refractivity (Wildman–Crippen MR) is 257 cm³/mol. The SMILES string of the molecule is CC(C)[C@@H](NC(=O)CN1C(=O)C=CC1=O)C(=O)N[C@H](C)C(=O)N[C@@H](CCN(C(=O)CO)[C@@H](c1cc(-c2cc(F)ccc2F)cn1Cc1ccccc1)C(C)(C)C)C(=O)NCCC(=O)N[C@H](CCC(=O)O)C(=O)O. The second kappa shape index (κ2) is 26.0. The van der Waals surface area contributed by atoms with E-state index in [1.54, 1.807) is 51.4 Å². The van der Waals surface area contributed by atoms with Gasteiger partial charge in [0.15, 0.2) is 0 Å². The zero-order chi connectivity index (χ0) is 54.3. The molecule has 0 unspecified atom stereocenters. The van der Waals surface area contributed by atoms with E-state index in [0.29, 0.717) is 10.6 Å². The van der Waals surface area contributed by atoms with Crippen molar-refractivity contribution in [2.45, 2.75) is 104 Å². The number of nitrogens with zero attached hydrogens (tertiary/aromatic N) is 3. The Labute approximate surface area is 419 Å². The summed E-state index contributed by atoms with van der Waals surface area (Å²) in [5.41, 5.74) is 0.543. The van der Waals surface area contributed by atoms with E-state index >= 15 is 4.39 Å². The number of carbonyl (C=O) groups excluding carboxylic acids is 8. The molecule has 21 nitrogen and oxygen atoms in total. The number of hydrogen-bond acceptors (Lipinski definition) is 11. The molecule has 8 N–H and O–H groups in total. The van der Waals surface area contributed by atoms with Crippen LogP contribution < -0.4 is 26.6 Å². The van der Waals surface area contributed by atoms with Crippen LogP contribution in [0.15, 0.2) is 72.9 Å². The fourth-order valence-corrected chi connectivity index (χ4v) is 8.00. The number of benzene rings is 2. The number of amides is 8. The van der Waals surface area contributed by atoms with Crippen LogP contribution in [0.3, 0.4) is 0 Å². The molecule has 0 radical (unpaired) electrons. The summed E-state index contributed by atoms with van der Waals surface area (Å²) in [5, 5.41) is 41.1. The highest BCUT2D eigenvalue weighted by molar-refractivity contribution is 6.14. The first-order valence-electron chi connectivity index (χ1n) is 23.4. The minimum absolute atomic E-state index is 0.0662. The van der Waals surface area contributed by atoms with Gasteiger partial charge in [0, 0.05) is 67.6 Å². The van der Waals surface area contributed by atoms with Gasteiger partial charge in [0.05, 0.1) is 6.04 Å². The molecule has 5 atom stereocenters. The van der Waals surface area contributed by atoms with Crippen LogP contribution in [-0.2, 0) is 54.5 Å². The number of hydrogen-bond donors (Lipinski definition) is 8. The number of carboxylic acids is 2. The lowest BCUT2D eigenvalue weighted by Gasteiger charge is -2.41. The molecule has 4 rings (SSSR count). The molecule has 8 amide bonds. The Hall–Kier alpha value is -7.82. The van der Waals surface area contributed by atoms with Crippen LogP contribution in [0, 0.1) is 23.0 Å². The van der Waals surface area contributed by atoms with Crippen LogP contribution in [0.2, 0.25) is 0 Å². The van der Waals surface area contributed by atoms with Crippen molar-refractivity contribution in [3.8, 4) is 11.1 Å². The summed E-state index contributed by atoms with van der Waals surface area (Å²) in [6.45, 7) is 7.56. The van der Waals surface area contributed by atoms with E-state index < -0.39 is 151 Å². The topological polar surface area (TPSA) is 303 Å². The number of aliphatic hydroxyl groups is 1. The first-order chi connectivity index (χ1) is 34.3. The van der Waals surface area contributed by atoms with Crippen LogP contribution in [0.25, 0.3) is 11.1 Å². The summed E-state index contributed by atoms with van der Waals surface area (Å²) in [4.78, 5) is 130. The second-order valence-electron chi connectivity index (χ2n) is 18.8. The molecule has 0 bridgehead atoms. The Morgan fingerprint density at radius 1 is 0.753 bits per heavy atom. The fourth-order valence-electron chi connectivity index (χ4n) is 8.00. The molecular weight excluding hydrogens is 959 g/mol. The van der Waals surface area contributed by atoms with Crippen molar-refractivity contribution >= 4 is 59.2 Å². The molecule has 2 aromatic carbocycles. The maximum atomic E-state index is 15.3. The van der Waals surface area contributed by atoms with Crippen molar-refractivity contribution in [1.29, 1.82) is 0 Å². The van der Waals surface area contributed by atoms with Crippen LogP contribution in [-0.4, -0.2) is 139 Å². The third-order valence-electron chi connectivity index (χ3n) is 11.7. The van der Waals surface area contributed by atoms with Gasteiger partial charge in [0.1, 0.15) is 49.0 Å². The molecule has 23 heteroatoms. The van der Waals surface area contributed by atoms with Crippen LogP contribution in [0.5, 0.6) is 0 Å². The molecule has 0 saturated carbocycles. The van der Waals surface area contributed by atoms with E-state index in [9.17, 15) is 62.5 Å². The third-order valence-corrected chi connectivity index (χ3v) is 11.7. The van der Waals surface area contributed by atoms with Gasteiger partial charge >= 0.3 is 11.9 Å². The number of aliphatic hydroxyl groups excluding tert-OH is 1. The molecule has 394 valence electrons. The summed E-state index contributed by atoms with van der Waals surface area (Å²) in [6, 6.07) is 6.97. The highest BCUT2D eigenvalue weighted by Crippen LogP contribution is 2.41. The van der Waals surface area contributed by atoms with E-state index in [2.05, 4.69) is 26.6 Å². The number of carbonyl (C=O) groups is 10. The van der Waals surface area contributed by atoms with Crippen molar-refractivity contribution in [3.05, 3.63) is 95.8 Å². The van der Waals surface area contributed by atoms with Crippen molar-refractivity contribution < 1.29 is 72.0 Å². The summed E-state index contributed by atoms with van der Waals surface area (Å²) in [7, 11) is 0. The molecular formula is C50H62F2N8O13. The van der Waals surface area contributed by atoms with E-state index in [1.807, 2.05) is 30.3 Å². The molecule has 0 fully saturated rings. The number of carboxylic acid groups (broad SMARTS) is 2. The highest BCUT2D eigenvalue weighted by Gasteiger charge is 2.39. The molecule has 0 saturated heterocycles. The summed E-state index contributed by atoms with van der Waals surface area (Å²) < 4.78 is 31.7. The smallest absolute Gasteiger partial charge is 0.326 e. The van der Waals surface area contributed by atoms with Gasteiger partial charge in [-0.3, -0.25) is 48.1 Å². The van der Waals surface area contributed by atoms with Gasteiger partial charge in [-0.25, -0.2) is 13.6 Å². The number of halogens is 2. The number of aliphatic carboxylic acids is 2. The van der Waals surface area contributed by atoms with E-state index in [0.717, 1.165) is 35.9 Å². The number of imide groups is 1. The van der Waals surface area contributed by atoms with Gasteiger partial charge in [-0.2, -0.15) is 0 Å². The lowest BCUT2D eigenvalue weighted by Crippen LogP contribution is -2.58. The third kappa shape index (κ3) is 16.6. The van der Waals surface area contributed by atoms with Gasteiger partial charge in [-0.05, 0) is 60.9 Å². The molecule has 2 heterocycles. The largest absolute Gasteiger partial charge is 0.481 e. The fraction of sp³-hybridized carbons (Fsp3) is 0.440. The van der Waals surface area contributed by atoms with Gasteiger partial charge < -0.3 is 51.4 Å². The molecule has 1 aliphatic heterocycles. The lowest BCUT2D eigenvalue weighted by molar-refractivity contribution is -0.143. The average molecular weight is 1020 g/mol. The van der Waals surface area contributed by atoms with E-state index in [4.69, 9.17) is 5.11 Å². The lowest BCUT2D eigenvalue weighted by atomic mass is 9.82. The van der Waals surface area contributed by atoms with E-state index in [1.165, 1.54) is 11.8 Å². The normalized spacial score (nSPS) is 14.4. The Morgan fingerprint density at radius 2 is 1.41 bits per heavy atom. The van der Waals surface area contributed by atoms with Gasteiger partial charge in [0.25, 0.3) is 11.8 Å². The number of rotatable bonds is 26. The Morgan fingerprint density at radius 3 is 2.00 bits per heavy atom. The maximum absolute atomic E-state index is 15.3. The van der Waals surface area contributed by atoms with Crippen molar-refractivity contribution in [1.82, 2.24) is 41.0 Å². The van der Waals surface area contributed by atoms with Crippen LogP contribution in [0.1, 0.15) is 84.5 Å².